The van der Waals surface area contributed by atoms with Crippen LogP contribution in [0.1, 0.15) is 19.3 Å². The number of carbonyl (C=O) groups is 3. The smallest absolute Gasteiger partial charge is 0.281 e. The van der Waals surface area contributed by atoms with Crippen molar-refractivity contribution < 1.29 is 22.8 Å². The Morgan fingerprint density at radius 1 is 1.14 bits per heavy atom. The van der Waals surface area contributed by atoms with Gasteiger partial charge in [-0.15, -0.1) is 0 Å². The molecule has 158 valence electrons. The lowest BCUT2D eigenvalue weighted by atomic mass is 9.95. The molecule has 3 N–H and O–H groups in total. The van der Waals surface area contributed by atoms with E-state index in [0.29, 0.717) is 51.1 Å². The van der Waals surface area contributed by atoms with Crippen LogP contribution < -0.4 is 10.5 Å². The number of carbonyl (C=O) groups excluding carboxylic acids is 3. The zero-order valence-electron chi connectivity index (χ0n) is 15.9. The van der Waals surface area contributed by atoms with Crippen molar-refractivity contribution in [2.75, 3.05) is 37.2 Å². The standard InChI is InChI=1S/C18H24N4O5S2/c19-29(26,27)15-3-1-14(2-4-15)20-17(24)13-5-8-21(9-6-13)16(23)7-10-22-11-12-28-18(22)25/h1-4,13H,5-12H2,(H,20,24)(H2,19,26,27). The molecular formula is C18H24N4O5S2. The second kappa shape index (κ2) is 9.14. The van der Waals surface area contributed by atoms with Gasteiger partial charge in [-0.1, -0.05) is 11.8 Å². The summed E-state index contributed by atoms with van der Waals surface area (Å²) >= 11 is 1.28. The van der Waals surface area contributed by atoms with Crippen molar-refractivity contribution in [2.45, 2.75) is 24.2 Å². The molecule has 0 unspecified atom stereocenters. The van der Waals surface area contributed by atoms with Crippen LogP contribution >= 0.6 is 11.8 Å². The lowest BCUT2D eigenvalue weighted by molar-refractivity contribution is -0.134. The average Bonchev–Trinajstić information content (AvgIpc) is 3.10. The third kappa shape index (κ3) is 5.71. The summed E-state index contributed by atoms with van der Waals surface area (Å²) in [6, 6.07) is 5.67. The third-order valence-electron chi connectivity index (χ3n) is 5.11. The van der Waals surface area contributed by atoms with E-state index >= 15 is 0 Å². The number of rotatable bonds is 6. The number of amides is 3. The summed E-state index contributed by atoms with van der Waals surface area (Å²) in [5, 5.41) is 7.87. The first-order valence-corrected chi connectivity index (χ1v) is 11.9. The van der Waals surface area contributed by atoms with Crippen LogP contribution in [0.25, 0.3) is 0 Å². The molecule has 1 aromatic carbocycles. The topological polar surface area (TPSA) is 130 Å². The van der Waals surface area contributed by atoms with Gasteiger partial charge in [0.05, 0.1) is 4.90 Å². The van der Waals surface area contributed by atoms with Gasteiger partial charge in [-0.05, 0) is 37.1 Å². The number of thioether (sulfide) groups is 1. The monoisotopic (exact) mass is 440 g/mol. The molecule has 9 nitrogen and oxygen atoms in total. The fraction of sp³-hybridized carbons (Fsp3) is 0.500. The van der Waals surface area contributed by atoms with E-state index in [1.807, 2.05) is 0 Å². The largest absolute Gasteiger partial charge is 0.343 e. The maximum Gasteiger partial charge on any atom is 0.281 e. The first kappa shape index (κ1) is 21.6. The van der Waals surface area contributed by atoms with Crippen LogP contribution in [0, 0.1) is 5.92 Å². The third-order valence-corrected chi connectivity index (χ3v) is 6.93. The van der Waals surface area contributed by atoms with Crippen LogP contribution in [-0.2, 0) is 19.6 Å². The average molecular weight is 441 g/mol. The van der Waals surface area contributed by atoms with Crippen molar-refractivity contribution in [1.82, 2.24) is 9.80 Å². The summed E-state index contributed by atoms with van der Waals surface area (Å²) in [6.45, 7) is 2.14. The summed E-state index contributed by atoms with van der Waals surface area (Å²) in [4.78, 5) is 39.8. The number of hydrogen-bond acceptors (Lipinski definition) is 6. The lowest BCUT2D eigenvalue weighted by Gasteiger charge is -2.31. The molecule has 0 atom stereocenters. The fourth-order valence-electron chi connectivity index (χ4n) is 3.38. The van der Waals surface area contributed by atoms with Gasteiger partial charge in [-0.25, -0.2) is 13.6 Å². The number of nitrogens with zero attached hydrogens (tertiary/aromatic N) is 2. The van der Waals surface area contributed by atoms with Gasteiger partial charge in [0.25, 0.3) is 5.24 Å². The SMILES string of the molecule is NS(=O)(=O)c1ccc(NC(=O)C2CCN(C(=O)CCN3CCSC3=O)CC2)cc1. The summed E-state index contributed by atoms with van der Waals surface area (Å²) in [5.41, 5.74) is 0.494. The second-order valence-electron chi connectivity index (χ2n) is 7.07. The summed E-state index contributed by atoms with van der Waals surface area (Å²) < 4.78 is 22.5. The van der Waals surface area contributed by atoms with Crippen molar-refractivity contribution in [2.24, 2.45) is 11.1 Å². The number of nitrogens with one attached hydrogen (secondary N) is 1. The van der Waals surface area contributed by atoms with Crippen molar-refractivity contribution in [3.05, 3.63) is 24.3 Å². The minimum Gasteiger partial charge on any atom is -0.343 e. The summed E-state index contributed by atoms with van der Waals surface area (Å²) in [7, 11) is -3.77. The molecule has 0 aliphatic carbocycles. The Bertz CT molecular complexity index is 880. The van der Waals surface area contributed by atoms with E-state index in [1.165, 1.54) is 36.0 Å². The molecule has 3 rings (SSSR count). The zero-order valence-corrected chi connectivity index (χ0v) is 17.5. The Hall–Kier alpha value is -2.11. The second-order valence-corrected chi connectivity index (χ2v) is 9.67. The highest BCUT2D eigenvalue weighted by Gasteiger charge is 2.28. The molecule has 2 aliphatic rings. The predicted octanol–water partition coefficient (Wildman–Crippen LogP) is 1.07. The van der Waals surface area contributed by atoms with Gasteiger partial charge in [0.2, 0.25) is 21.8 Å². The van der Waals surface area contributed by atoms with E-state index in [2.05, 4.69) is 5.32 Å². The molecule has 0 radical (unpaired) electrons. The molecule has 2 heterocycles. The Labute approximate surface area is 174 Å². The predicted molar refractivity (Wildman–Crippen MR) is 110 cm³/mol. The van der Waals surface area contributed by atoms with Gasteiger partial charge in [-0.3, -0.25) is 14.4 Å². The molecule has 0 aromatic heterocycles. The van der Waals surface area contributed by atoms with E-state index < -0.39 is 10.0 Å². The molecule has 2 fully saturated rings. The molecule has 11 heteroatoms. The number of sulfonamides is 1. The maximum absolute atomic E-state index is 12.5. The number of likely N-dealkylation sites (tertiary alicyclic amines) is 1. The molecular weight excluding hydrogens is 416 g/mol. The number of piperidine rings is 1. The van der Waals surface area contributed by atoms with E-state index in [9.17, 15) is 22.8 Å². The highest BCUT2D eigenvalue weighted by molar-refractivity contribution is 8.13. The lowest BCUT2D eigenvalue weighted by Crippen LogP contribution is -2.42. The number of anilines is 1. The van der Waals surface area contributed by atoms with Crippen LogP contribution in [0.15, 0.2) is 29.2 Å². The first-order chi connectivity index (χ1) is 13.7. The molecule has 2 saturated heterocycles. The number of benzene rings is 1. The van der Waals surface area contributed by atoms with Gasteiger partial charge in [0.15, 0.2) is 0 Å². The number of primary sulfonamides is 1. The Morgan fingerprint density at radius 3 is 2.34 bits per heavy atom. The molecule has 3 amide bonds. The van der Waals surface area contributed by atoms with E-state index in [1.54, 1.807) is 9.80 Å². The van der Waals surface area contributed by atoms with Crippen LogP contribution in [0.5, 0.6) is 0 Å². The van der Waals surface area contributed by atoms with Gasteiger partial charge in [-0.2, -0.15) is 0 Å². The van der Waals surface area contributed by atoms with Crippen LogP contribution in [-0.4, -0.2) is 67.2 Å². The van der Waals surface area contributed by atoms with E-state index in [0.717, 1.165) is 5.75 Å². The van der Waals surface area contributed by atoms with Crippen molar-refractivity contribution in [1.29, 1.82) is 0 Å². The van der Waals surface area contributed by atoms with Gasteiger partial charge in [0.1, 0.15) is 0 Å². The quantitative estimate of drug-likeness (QED) is 0.681. The molecule has 0 saturated carbocycles. The van der Waals surface area contributed by atoms with Gasteiger partial charge in [0, 0.05) is 50.0 Å². The van der Waals surface area contributed by atoms with E-state index in [-0.39, 0.29) is 27.9 Å². The zero-order chi connectivity index (χ0) is 21.0. The van der Waals surface area contributed by atoms with Gasteiger partial charge >= 0.3 is 0 Å². The highest BCUT2D eigenvalue weighted by atomic mass is 32.2. The highest BCUT2D eigenvalue weighted by Crippen LogP contribution is 2.22. The molecule has 2 aliphatic heterocycles. The number of nitrogens with two attached hydrogens (primary N) is 1. The fourth-order valence-corrected chi connectivity index (χ4v) is 4.75. The van der Waals surface area contributed by atoms with Gasteiger partial charge < -0.3 is 15.1 Å². The maximum atomic E-state index is 12.5. The van der Waals surface area contributed by atoms with Crippen molar-refractivity contribution >= 4 is 44.5 Å². The Balaban J connectivity index is 1.44. The Kier molecular flexibility index (Phi) is 6.81. The first-order valence-electron chi connectivity index (χ1n) is 9.37. The molecule has 29 heavy (non-hydrogen) atoms. The van der Waals surface area contributed by atoms with Crippen molar-refractivity contribution in [3.8, 4) is 0 Å². The minimum absolute atomic E-state index is 0.00661. The Morgan fingerprint density at radius 2 is 1.79 bits per heavy atom. The normalized spacial score (nSPS) is 18.2. The van der Waals surface area contributed by atoms with E-state index in [4.69, 9.17) is 5.14 Å². The van der Waals surface area contributed by atoms with Crippen LogP contribution in [0.4, 0.5) is 10.5 Å². The summed E-state index contributed by atoms with van der Waals surface area (Å²) in [6.07, 6.45) is 1.43. The minimum atomic E-state index is -3.77. The summed E-state index contributed by atoms with van der Waals surface area (Å²) in [5.74, 6) is 0.416. The molecule has 0 spiro atoms. The molecule has 1 aromatic rings. The number of hydrogen-bond donors (Lipinski definition) is 2. The van der Waals surface area contributed by atoms with Crippen LogP contribution in [0.3, 0.4) is 0 Å². The molecule has 0 bridgehead atoms. The van der Waals surface area contributed by atoms with Crippen LogP contribution in [0.2, 0.25) is 0 Å². The van der Waals surface area contributed by atoms with Crippen molar-refractivity contribution in [3.63, 3.8) is 0 Å².